The summed E-state index contributed by atoms with van der Waals surface area (Å²) in [5.41, 5.74) is 1.26. The minimum atomic E-state index is 0.212. The van der Waals surface area contributed by atoms with E-state index in [4.69, 9.17) is 4.74 Å². The molecule has 0 N–H and O–H groups in total. The Labute approximate surface area is 123 Å². The molecule has 0 spiro atoms. The zero-order chi connectivity index (χ0) is 11.8. The van der Waals surface area contributed by atoms with Crippen molar-refractivity contribution < 1.29 is 4.74 Å². The van der Waals surface area contributed by atoms with Gasteiger partial charge in [0.15, 0.2) is 0 Å². The summed E-state index contributed by atoms with van der Waals surface area (Å²) in [5, 5.41) is 1.31. The van der Waals surface area contributed by atoms with E-state index in [0.717, 1.165) is 17.5 Å². The maximum absolute atomic E-state index is 5.87. The Morgan fingerprint density at radius 1 is 1.35 bits per heavy atom. The highest BCUT2D eigenvalue weighted by Crippen LogP contribution is 2.32. The molecule has 0 saturated carbocycles. The highest BCUT2D eigenvalue weighted by Gasteiger charge is 2.18. The average molecular weight is 406 g/mol. The molecule has 4 heteroatoms. The lowest BCUT2D eigenvalue weighted by molar-refractivity contribution is -0.0292. The van der Waals surface area contributed by atoms with Crippen LogP contribution >= 0.6 is 38.5 Å². The molecule has 2 heterocycles. The second-order valence-corrected chi connectivity index (χ2v) is 6.44. The van der Waals surface area contributed by atoms with Gasteiger partial charge in [-0.1, -0.05) is 22.0 Å². The number of aromatic nitrogens is 1. The van der Waals surface area contributed by atoms with Gasteiger partial charge in [-0.2, -0.15) is 0 Å². The van der Waals surface area contributed by atoms with Crippen LogP contribution in [0.2, 0.25) is 0 Å². The largest absolute Gasteiger partial charge is 0.358 e. The quantitative estimate of drug-likeness (QED) is 0.627. The fraction of sp³-hybridized carbons (Fsp3) is 0.385. The maximum atomic E-state index is 5.87. The second kappa shape index (κ2) is 4.90. The lowest BCUT2D eigenvalue weighted by Crippen LogP contribution is -2.17. The van der Waals surface area contributed by atoms with Crippen molar-refractivity contribution in [2.24, 2.45) is 0 Å². The van der Waals surface area contributed by atoms with E-state index in [-0.39, 0.29) is 6.23 Å². The predicted molar refractivity (Wildman–Crippen MR) is 81.2 cm³/mol. The third-order valence-corrected chi connectivity index (χ3v) is 4.57. The molecule has 0 bridgehead atoms. The Balaban J connectivity index is 2.11. The van der Waals surface area contributed by atoms with Crippen LogP contribution in [-0.2, 0) is 4.74 Å². The number of fused-ring (bicyclic) bond motifs is 1. The Morgan fingerprint density at radius 2 is 2.24 bits per heavy atom. The molecule has 0 aliphatic carbocycles. The number of hydrogen-bond acceptors (Lipinski definition) is 1. The first kappa shape index (κ1) is 12.0. The Morgan fingerprint density at radius 3 is 3.00 bits per heavy atom. The number of nitrogens with zero attached hydrogens (tertiary/aromatic N) is 1. The minimum Gasteiger partial charge on any atom is -0.358 e. The van der Waals surface area contributed by atoms with E-state index in [1.54, 1.807) is 0 Å². The Bertz CT molecular complexity index is 546. The van der Waals surface area contributed by atoms with Crippen LogP contribution in [0.1, 0.15) is 25.5 Å². The van der Waals surface area contributed by atoms with Crippen LogP contribution in [0.3, 0.4) is 0 Å². The van der Waals surface area contributed by atoms with Gasteiger partial charge in [-0.05, 0) is 54.0 Å². The van der Waals surface area contributed by atoms with Gasteiger partial charge in [0.2, 0.25) is 0 Å². The first-order valence-corrected chi connectivity index (χ1v) is 7.70. The molecular weight excluding hydrogens is 393 g/mol. The molecule has 2 nitrogen and oxygen atoms in total. The summed E-state index contributed by atoms with van der Waals surface area (Å²) in [6.07, 6.45) is 5.98. The summed E-state index contributed by atoms with van der Waals surface area (Å²) in [6, 6.07) is 6.44. The van der Waals surface area contributed by atoms with Crippen molar-refractivity contribution in [2.45, 2.75) is 25.5 Å². The molecule has 1 atom stereocenters. The first-order valence-electron chi connectivity index (χ1n) is 5.83. The van der Waals surface area contributed by atoms with Gasteiger partial charge in [-0.15, -0.1) is 0 Å². The monoisotopic (exact) mass is 405 g/mol. The molecule has 1 aromatic carbocycles. The summed E-state index contributed by atoms with van der Waals surface area (Å²) in [7, 11) is 0. The SMILES string of the molecule is Brc1ccc2c(I)cn(C3CCCCO3)c2c1. The molecule has 1 saturated heterocycles. The smallest absolute Gasteiger partial charge is 0.133 e. The van der Waals surface area contributed by atoms with Crippen LogP contribution in [-0.4, -0.2) is 11.2 Å². The van der Waals surface area contributed by atoms with E-state index in [1.807, 2.05) is 0 Å². The van der Waals surface area contributed by atoms with Crippen LogP contribution in [0.25, 0.3) is 10.9 Å². The van der Waals surface area contributed by atoms with Gasteiger partial charge in [0, 0.05) is 26.2 Å². The van der Waals surface area contributed by atoms with E-state index in [9.17, 15) is 0 Å². The van der Waals surface area contributed by atoms with Gasteiger partial charge >= 0.3 is 0 Å². The molecule has 1 aromatic heterocycles. The third kappa shape index (κ3) is 2.27. The molecule has 90 valence electrons. The van der Waals surface area contributed by atoms with Crippen LogP contribution in [0, 0.1) is 3.57 Å². The average Bonchev–Trinajstić information content (AvgIpc) is 2.67. The van der Waals surface area contributed by atoms with Gasteiger partial charge in [0.1, 0.15) is 6.23 Å². The van der Waals surface area contributed by atoms with Crippen molar-refractivity contribution in [3.05, 3.63) is 32.4 Å². The predicted octanol–water partition coefficient (Wildman–Crippen LogP) is 4.71. The van der Waals surface area contributed by atoms with Crippen molar-refractivity contribution in [3.8, 4) is 0 Å². The van der Waals surface area contributed by atoms with E-state index >= 15 is 0 Å². The molecule has 1 fully saturated rings. The molecule has 0 amide bonds. The van der Waals surface area contributed by atoms with Crippen LogP contribution < -0.4 is 0 Å². The molecule has 1 unspecified atom stereocenters. The van der Waals surface area contributed by atoms with Crippen molar-refractivity contribution in [1.29, 1.82) is 0 Å². The van der Waals surface area contributed by atoms with E-state index < -0.39 is 0 Å². The van der Waals surface area contributed by atoms with Crippen LogP contribution in [0.15, 0.2) is 28.9 Å². The summed E-state index contributed by atoms with van der Waals surface area (Å²) in [6.45, 7) is 0.884. The van der Waals surface area contributed by atoms with Crippen molar-refractivity contribution in [1.82, 2.24) is 4.57 Å². The van der Waals surface area contributed by atoms with Crippen molar-refractivity contribution >= 4 is 49.4 Å². The summed E-state index contributed by atoms with van der Waals surface area (Å²) >= 11 is 5.94. The Hall–Kier alpha value is -0.0700. The highest BCUT2D eigenvalue weighted by molar-refractivity contribution is 14.1. The molecule has 17 heavy (non-hydrogen) atoms. The topological polar surface area (TPSA) is 14.2 Å². The molecule has 1 aliphatic rings. The number of benzene rings is 1. The number of ether oxygens (including phenoxy) is 1. The highest BCUT2D eigenvalue weighted by atomic mass is 127. The maximum Gasteiger partial charge on any atom is 0.133 e. The zero-order valence-corrected chi connectivity index (χ0v) is 13.1. The summed E-state index contributed by atoms with van der Waals surface area (Å²) < 4.78 is 10.6. The number of rotatable bonds is 1. The fourth-order valence-electron chi connectivity index (χ4n) is 2.36. The molecule has 3 rings (SSSR count). The van der Waals surface area contributed by atoms with Gasteiger partial charge in [-0.3, -0.25) is 0 Å². The first-order chi connectivity index (χ1) is 8.25. The Kier molecular flexibility index (Phi) is 3.45. The third-order valence-electron chi connectivity index (χ3n) is 3.21. The summed E-state index contributed by atoms with van der Waals surface area (Å²) in [5.74, 6) is 0. The fourth-order valence-corrected chi connectivity index (χ4v) is 3.47. The van der Waals surface area contributed by atoms with Gasteiger partial charge in [0.25, 0.3) is 0 Å². The summed E-state index contributed by atoms with van der Waals surface area (Å²) in [4.78, 5) is 0. The van der Waals surface area contributed by atoms with Crippen molar-refractivity contribution in [2.75, 3.05) is 6.61 Å². The number of halogens is 2. The van der Waals surface area contributed by atoms with Crippen LogP contribution in [0.5, 0.6) is 0 Å². The zero-order valence-electron chi connectivity index (χ0n) is 9.33. The molecule has 1 aliphatic heterocycles. The molecular formula is C13H13BrINO. The molecule has 0 radical (unpaired) electrons. The lowest BCUT2D eigenvalue weighted by Gasteiger charge is -2.24. The van der Waals surface area contributed by atoms with E-state index in [1.165, 1.54) is 27.3 Å². The minimum absolute atomic E-state index is 0.212. The van der Waals surface area contributed by atoms with Gasteiger partial charge in [-0.25, -0.2) is 0 Å². The number of hydrogen-bond donors (Lipinski definition) is 0. The lowest BCUT2D eigenvalue weighted by atomic mass is 10.2. The standard InChI is InChI=1S/C13H13BrINO/c14-9-4-5-10-11(15)8-16(12(10)7-9)13-3-1-2-6-17-13/h4-5,7-8,13H,1-3,6H2. The molecule has 2 aromatic rings. The van der Waals surface area contributed by atoms with Gasteiger partial charge < -0.3 is 9.30 Å². The van der Waals surface area contributed by atoms with E-state index in [2.05, 4.69) is 67.5 Å². The van der Waals surface area contributed by atoms with Crippen LogP contribution in [0.4, 0.5) is 0 Å². The van der Waals surface area contributed by atoms with Crippen molar-refractivity contribution in [3.63, 3.8) is 0 Å². The normalized spacial score (nSPS) is 20.9. The van der Waals surface area contributed by atoms with E-state index in [0.29, 0.717) is 0 Å². The van der Waals surface area contributed by atoms with Gasteiger partial charge in [0.05, 0.1) is 5.52 Å². The second-order valence-electron chi connectivity index (χ2n) is 4.37.